The van der Waals surface area contributed by atoms with Gasteiger partial charge in [-0.25, -0.2) is 0 Å². The van der Waals surface area contributed by atoms with Gasteiger partial charge in [0.15, 0.2) is 0 Å². The second kappa shape index (κ2) is 6.06. The summed E-state index contributed by atoms with van der Waals surface area (Å²) in [5.74, 6) is 1.07. The molecule has 0 saturated heterocycles. The summed E-state index contributed by atoms with van der Waals surface area (Å²) < 4.78 is 10.1. The lowest BCUT2D eigenvalue weighted by molar-refractivity contribution is -0.134. The Balaban J connectivity index is 2.46. The molecule has 1 aromatic rings. The van der Waals surface area contributed by atoms with E-state index in [9.17, 15) is 4.79 Å². The zero-order chi connectivity index (χ0) is 11.1. The Morgan fingerprint density at radius 3 is 2.40 bits per heavy atom. The molecule has 0 aliphatic carbocycles. The fourth-order valence-corrected chi connectivity index (χ4v) is 1.10. The molecule has 0 spiro atoms. The molecular formula is C12H15O3. The number of carbonyl (C=O) groups excluding carboxylic acids is 1. The number of benzene rings is 1. The monoisotopic (exact) mass is 207 g/mol. The maximum absolute atomic E-state index is 11.2. The maximum atomic E-state index is 11.2. The van der Waals surface area contributed by atoms with Crippen LogP contribution in [0.4, 0.5) is 0 Å². The van der Waals surface area contributed by atoms with Gasteiger partial charge in [-0.05, 0) is 30.7 Å². The van der Waals surface area contributed by atoms with Crippen LogP contribution in [0.25, 0.3) is 0 Å². The van der Waals surface area contributed by atoms with Crippen molar-refractivity contribution in [2.24, 2.45) is 0 Å². The molecule has 0 aliphatic heterocycles. The molecule has 1 radical (unpaired) electrons. The summed E-state index contributed by atoms with van der Waals surface area (Å²) in [5, 5.41) is 0. The Kier molecular flexibility index (Phi) is 4.68. The van der Waals surface area contributed by atoms with E-state index in [-0.39, 0.29) is 5.97 Å². The van der Waals surface area contributed by atoms with Crippen molar-refractivity contribution in [1.29, 1.82) is 0 Å². The molecule has 3 heteroatoms. The second-order valence-corrected chi connectivity index (χ2v) is 3.11. The summed E-state index contributed by atoms with van der Waals surface area (Å²) in [6.45, 7) is 3.66. The Labute approximate surface area is 90.0 Å². The van der Waals surface area contributed by atoms with Crippen LogP contribution in [0.15, 0.2) is 24.3 Å². The van der Waals surface area contributed by atoms with Crippen molar-refractivity contribution in [1.82, 2.24) is 0 Å². The van der Waals surface area contributed by atoms with Gasteiger partial charge >= 0.3 is 5.97 Å². The quantitative estimate of drug-likeness (QED) is 0.550. The summed E-state index contributed by atoms with van der Waals surface area (Å²) in [5.41, 5.74) is 0. The fourth-order valence-electron chi connectivity index (χ4n) is 1.10. The number of methoxy groups -OCH3 is 1. The van der Waals surface area contributed by atoms with Crippen LogP contribution in [0.2, 0.25) is 0 Å². The smallest absolute Gasteiger partial charge is 0.311 e. The topological polar surface area (TPSA) is 35.5 Å². The molecule has 0 atom stereocenters. The molecule has 15 heavy (non-hydrogen) atoms. The number of rotatable bonds is 5. The van der Waals surface area contributed by atoms with Gasteiger partial charge in [0.2, 0.25) is 0 Å². The van der Waals surface area contributed by atoms with E-state index in [1.54, 1.807) is 31.4 Å². The van der Waals surface area contributed by atoms with Gasteiger partial charge < -0.3 is 9.47 Å². The fraction of sp³-hybridized carbons (Fsp3) is 0.333. The van der Waals surface area contributed by atoms with Crippen LogP contribution in [-0.2, 0) is 4.79 Å². The van der Waals surface area contributed by atoms with Crippen molar-refractivity contribution in [2.45, 2.75) is 19.3 Å². The third-order valence-electron chi connectivity index (χ3n) is 1.92. The summed E-state index contributed by atoms with van der Waals surface area (Å²) in [6, 6.07) is 6.93. The van der Waals surface area contributed by atoms with Gasteiger partial charge in [-0.15, -0.1) is 0 Å². The summed E-state index contributed by atoms with van der Waals surface area (Å²) in [6.07, 6.45) is 1.92. The van der Waals surface area contributed by atoms with Gasteiger partial charge in [0.05, 0.1) is 7.11 Å². The molecule has 81 valence electrons. The zero-order valence-electron chi connectivity index (χ0n) is 8.86. The number of carbonyl (C=O) groups is 1. The summed E-state index contributed by atoms with van der Waals surface area (Å²) in [4.78, 5) is 11.2. The van der Waals surface area contributed by atoms with E-state index in [0.29, 0.717) is 12.2 Å². The number of hydrogen-bond donors (Lipinski definition) is 0. The predicted molar refractivity (Wildman–Crippen MR) is 57.8 cm³/mol. The highest BCUT2D eigenvalue weighted by Gasteiger charge is 2.03. The molecule has 0 amide bonds. The van der Waals surface area contributed by atoms with E-state index in [0.717, 1.165) is 18.6 Å². The van der Waals surface area contributed by atoms with Gasteiger partial charge in [-0.2, -0.15) is 0 Å². The van der Waals surface area contributed by atoms with E-state index in [1.807, 2.05) is 0 Å². The highest BCUT2D eigenvalue weighted by molar-refractivity contribution is 5.72. The number of esters is 1. The first kappa shape index (κ1) is 11.6. The molecule has 0 aliphatic rings. The molecule has 0 N–H and O–H groups in total. The van der Waals surface area contributed by atoms with Crippen LogP contribution in [-0.4, -0.2) is 13.1 Å². The standard InChI is InChI=1S/C12H15O3/c1-3-4-5-12(13)15-11-8-6-10(14-2)7-9-11/h6-9H,1,3-5H2,2H3. The number of hydrogen-bond acceptors (Lipinski definition) is 3. The zero-order valence-corrected chi connectivity index (χ0v) is 8.86. The first-order valence-electron chi connectivity index (χ1n) is 4.90. The Morgan fingerprint density at radius 1 is 1.27 bits per heavy atom. The molecule has 1 aromatic carbocycles. The molecule has 0 fully saturated rings. The third-order valence-corrected chi connectivity index (χ3v) is 1.92. The van der Waals surface area contributed by atoms with Gasteiger partial charge in [0.1, 0.15) is 11.5 Å². The van der Waals surface area contributed by atoms with Crippen molar-refractivity contribution >= 4 is 5.97 Å². The maximum Gasteiger partial charge on any atom is 0.311 e. The Morgan fingerprint density at radius 2 is 1.87 bits per heavy atom. The average molecular weight is 207 g/mol. The van der Waals surface area contributed by atoms with E-state index >= 15 is 0 Å². The lowest BCUT2D eigenvalue weighted by atomic mass is 10.2. The van der Waals surface area contributed by atoms with Crippen LogP contribution in [0.1, 0.15) is 19.3 Å². The van der Waals surface area contributed by atoms with Gasteiger partial charge in [0.25, 0.3) is 0 Å². The van der Waals surface area contributed by atoms with Gasteiger partial charge in [-0.3, -0.25) is 4.79 Å². The van der Waals surface area contributed by atoms with Crippen molar-refractivity contribution < 1.29 is 14.3 Å². The first-order valence-corrected chi connectivity index (χ1v) is 4.90. The van der Waals surface area contributed by atoms with E-state index in [1.165, 1.54) is 0 Å². The highest BCUT2D eigenvalue weighted by Crippen LogP contribution is 2.17. The second-order valence-electron chi connectivity index (χ2n) is 3.11. The first-order chi connectivity index (χ1) is 7.26. The number of ether oxygens (including phenoxy) is 2. The van der Waals surface area contributed by atoms with Crippen molar-refractivity contribution in [3.8, 4) is 11.5 Å². The molecule has 1 rings (SSSR count). The predicted octanol–water partition coefficient (Wildman–Crippen LogP) is 2.60. The molecule has 3 nitrogen and oxygen atoms in total. The van der Waals surface area contributed by atoms with Crippen LogP contribution in [0, 0.1) is 6.92 Å². The molecular weight excluding hydrogens is 192 g/mol. The number of unbranched alkanes of at least 4 members (excludes halogenated alkanes) is 1. The van der Waals surface area contributed by atoms with Crippen LogP contribution in [0.3, 0.4) is 0 Å². The molecule has 0 bridgehead atoms. The third kappa shape index (κ3) is 4.02. The minimum absolute atomic E-state index is 0.219. The summed E-state index contributed by atoms with van der Waals surface area (Å²) in [7, 11) is 1.59. The highest BCUT2D eigenvalue weighted by atomic mass is 16.5. The van der Waals surface area contributed by atoms with Gasteiger partial charge in [0, 0.05) is 6.42 Å². The normalized spacial score (nSPS) is 9.73. The minimum Gasteiger partial charge on any atom is -0.497 e. The lowest BCUT2D eigenvalue weighted by Crippen LogP contribution is -2.07. The van der Waals surface area contributed by atoms with Crippen LogP contribution in [0.5, 0.6) is 11.5 Å². The van der Waals surface area contributed by atoms with Crippen molar-refractivity contribution in [3.05, 3.63) is 31.2 Å². The SMILES string of the molecule is [CH2]CCCC(=O)Oc1ccc(OC)cc1. The molecule has 0 aromatic heterocycles. The van der Waals surface area contributed by atoms with E-state index in [4.69, 9.17) is 9.47 Å². The van der Waals surface area contributed by atoms with Crippen molar-refractivity contribution in [2.75, 3.05) is 7.11 Å². The molecule has 0 heterocycles. The average Bonchev–Trinajstić information content (AvgIpc) is 2.27. The Hall–Kier alpha value is -1.51. The largest absolute Gasteiger partial charge is 0.497 e. The Bertz CT molecular complexity index is 303. The van der Waals surface area contributed by atoms with Crippen molar-refractivity contribution in [3.63, 3.8) is 0 Å². The molecule has 0 unspecified atom stereocenters. The van der Waals surface area contributed by atoms with Crippen LogP contribution >= 0.6 is 0 Å². The van der Waals surface area contributed by atoms with E-state index in [2.05, 4.69) is 6.92 Å². The lowest BCUT2D eigenvalue weighted by Gasteiger charge is -2.04. The van der Waals surface area contributed by atoms with Crippen LogP contribution < -0.4 is 9.47 Å². The minimum atomic E-state index is -0.219. The molecule has 0 saturated carbocycles. The van der Waals surface area contributed by atoms with Gasteiger partial charge in [-0.1, -0.05) is 13.3 Å². The summed E-state index contributed by atoms with van der Waals surface area (Å²) >= 11 is 0. The van der Waals surface area contributed by atoms with E-state index < -0.39 is 0 Å².